The molecule has 0 saturated heterocycles. The Hall–Kier alpha value is -0.830. The van der Waals surface area contributed by atoms with Crippen LogP contribution in [0, 0.1) is 6.92 Å². The fourth-order valence-electron chi connectivity index (χ4n) is 1.12. The molecule has 0 amide bonds. The summed E-state index contributed by atoms with van der Waals surface area (Å²) in [6, 6.07) is 3.23. The number of Topliss-reactive ketones (excluding diaryl/α,β-unsaturated/α-hetero) is 1. The van der Waals surface area contributed by atoms with Crippen LogP contribution < -0.4 is 0 Å². The Kier molecular flexibility index (Phi) is 2.52. The highest BCUT2D eigenvalue weighted by Crippen LogP contribution is 2.27. The molecular weight excluding hydrogens is 220 g/mol. The molecule has 0 aliphatic carbocycles. The van der Waals surface area contributed by atoms with E-state index in [1.807, 2.05) is 0 Å². The lowest BCUT2D eigenvalue weighted by molar-refractivity contribution is 0.101. The van der Waals surface area contributed by atoms with Gasteiger partial charge < -0.3 is 5.11 Å². The number of halogens is 1. The average molecular weight is 229 g/mol. The monoisotopic (exact) mass is 228 g/mol. The molecule has 1 aromatic carbocycles. The first-order valence-corrected chi connectivity index (χ1v) is 4.32. The summed E-state index contributed by atoms with van der Waals surface area (Å²) in [4.78, 5) is 11.1. The summed E-state index contributed by atoms with van der Waals surface area (Å²) >= 11 is 3.29. The van der Waals surface area contributed by atoms with Crippen molar-refractivity contribution in [2.45, 2.75) is 13.8 Å². The molecule has 64 valence electrons. The number of hydrogen-bond acceptors (Lipinski definition) is 2. The van der Waals surface area contributed by atoms with Gasteiger partial charge in [-0.25, -0.2) is 0 Å². The number of aromatic hydroxyl groups is 1. The maximum absolute atomic E-state index is 11.1. The molecule has 0 aromatic heterocycles. The van der Waals surface area contributed by atoms with Crippen LogP contribution in [0.4, 0.5) is 0 Å². The molecule has 0 aliphatic rings. The average Bonchev–Trinajstić information content (AvgIpc) is 1.97. The van der Waals surface area contributed by atoms with Gasteiger partial charge >= 0.3 is 0 Å². The van der Waals surface area contributed by atoms with E-state index in [0.29, 0.717) is 5.56 Å². The van der Waals surface area contributed by atoms with E-state index in [4.69, 9.17) is 0 Å². The number of ketones is 1. The zero-order chi connectivity index (χ0) is 9.30. The maximum atomic E-state index is 11.1. The second-order valence-corrected chi connectivity index (χ2v) is 3.48. The third kappa shape index (κ3) is 1.50. The fourth-order valence-corrected chi connectivity index (χ4v) is 1.45. The van der Waals surface area contributed by atoms with Crippen molar-refractivity contribution < 1.29 is 9.90 Å². The summed E-state index contributed by atoms with van der Waals surface area (Å²) in [5.41, 5.74) is 1.17. The summed E-state index contributed by atoms with van der Waals surface area (Å²) in [5.74, 6) is -0.0745. The molecule has 2 nitrogen and oxygen atoms in total. The van der Waals surface area contributed by atoms with Crippen LogP contribution in [0.2, 0.25) is 0 Å². The molecule has 0 heterocycles. The molecule has 12 heavy (non-hydrogen) atoms. The molecule has 0 fully saturated rings. The van der Waals surface area contributed by atoms with Gasteiger partial charge in [-0.1, -0.05) is 15.9 Å². The number of rotatable bonds is 1. The first-order valence-electron chi connectivity index (χ1n) is 3.53. The number of carbonyl (C=O) groups excluding carboxylic acids is 1. The molecule has 0 radical (unpaired) electrons. The lowest BCUT2D eigenvalue weighted by atomic mass is 10.0. The minimum absolute atomic E-state index is 0.0446. The van der Waals surface area contributed by atoms with Crippen LogP contribution in [-0.4, -0.2) is 10.9 Å². The highest BCUT2D eigenvalue weighted by molar-refractivity contribution is 9.10. The molecule has 0 saturated carbocycles. The molecule has 0 bridgehead atoms. The first kappa shape index (κ1) is 9.26. The Bertz CT molecular complexity index is 332. The van der Waals surface area contributed by atoms with Crippen molar-refractivity contribution in [3.8, 4) is 5.75 Å². The van der Waals surface area contributed by atoms with Crippen molar-refractivity contribution in [1.29, 1.82) is 0 Å². The first-order chi connectivity index (χ1) is 5.54. The highest BCUT2D eigenvalue weighted by atomic mass is 79.9. The van der Waals surface area contributed by atoms with Crippen LogP contribution in [0.15, 0.2) is 16.6 Å². The largest absolute Gasteiger partial charge is 0.507 e. The van der Waals surface area contributed by atoms with Gasteiger partial charge in [-0.15, -0.1) is 0 Å². The summed E-state index contributed by atoms with van der Waals surface area (Å²) in [6.45, 7) is 3.23. The van der Waals surface area contributed by atoms with Gasteiger partial charge in [-0.3, -0.25) is 4.79 Å². The molecular formula is C9H9BrO2. The molecule has 1 aromatic rings. The lowest BCUT2D eigenvalue weighted by Gasteiger charge is -2.05. The minimum Gasteiger partial charge on any atom is -0.507 e. The summed E-state index contributed by atoms with van der Waals surface area (Å²) in [6.07, 6.45) is 0. The maximum Gasteiger partial charge on any atom is 0.163 e. The molecule has 1 rings (SSSR count). The van der Waals surface area contributed by atoms with E-state index in [0.717, 1.165) is 10.0 Å². The molecule has 1 N–H and O–H groups in total. The van der Waals surface area contributed by atoms with Crippen LogP contribution in [0.1, 0.15) is 22.8 Å². The van der Waals surface area contributed by atoms with E-state index in [1.165, 1.54) is 13.0 Å². The van der Waals surface area contributed by atoms with Crippen molar-refractivity contribution in [2.75, 3.05) is 0 Å². The number of hydrogen-bond donors (Lipinski definition) is 1. The van der Waals surface area contributed by atoms with Gasteiger partial charge in [0.2, 0.25) is 0 Å². The third-order valence-corrected chi connectivity index (χ3v) is 2.59. The highest BCUT2D eigenvalue weighted by Gasteiger charge is 2.11. The van der Waals surface area contributed by atoms with Crippen molar-refractivity contribution in [3.63, 3.8) is 0 Å². The summed E-state index contributed by atoms with van der Waals surface area (Å²) in [7, 11) is 0. The lowest BCUT2D eigenvalue weighted by Crippen LogP contribution is -1.97. The Balaban J connectivity index is 3.43. The smallest absolute Gasteiger partial charge is 0.163 e. The molecule has 0 spiro atoms. The van der Waals surface area contributed by atoms with Gasteiger partial charge in [0.25, 0.3) is 0 Å². The van der Waals surface area contributed by atoms with E-state index in [2.05, 4.69) is 15.9 Å². The van der Waals surface area contributed by atoms with Crippen LogP contribution in [0.5, 0.6) is 5.75 Å². The Morgan fingerprint density at radius 3 is 2.50 bits per heavy atom. The third-order valence-electron chi connectivity index (χ3n) is 1.73. The van der Waals surface area contributed by atoms with Gasteiger partial charge in [0.1, 0.15) is 5.75 Å². The van der Waals surface area contributed by atoms with Crippen LogP contribution >= 0.6 is 15.9 Å². The van der Waals surface area contributed by atoms with Crippen molar-refractivity contribution in [2.24, 2.45) is 0 Å². The second-order valence-electron chi connectivity index (χ2n) is 2.62. The van der Waals surface area contributed by atoms with Gasteiger partial charge in [0.15, 0.2) is 5.78 Å². The SMILES string of the molecule is CC(=O)c1c(O)ccc(Br)c1C. The fraction of sp³-hybridized carbons (Fsp3) is 0.222. The zero-order valence-corrected chi connectivity index (χ0v) is 8.47. The van der Waals surface area contributed by atoms with Gasteiger partial charge in [0, 0.05) is 4.47 Å². The van der Waals surface area contributed by atoms with Gasteiger partial charge in [0.05, 0.1) is 5.56 Å². The number of benzene rings is 1. The molecule has 0 aliphatic heterocycles. The molecule has 0 atom stereocenters. The van der Waals surface area contributed by atoms with E-state index in [-0.39, 0.29) is 11.5 Å². The molecule has 3 heteroatoms. The summed E-state index contributed by atoms with van der Waals surface area (Å²) in [5, 5.41) is 9.34. The molecule has 0 unspecified atom stereocenters. The van der Waals surface area contributed by atoms with E-state index < -0.39 is 0 Å². The normalized spacial score (nSPS) is 9.92. The van der Waals surface area contributed by atoms with Gasteiger partial charge in [-0.2, -0.15) is 0 Å². The Morgan fingerprint density at radius 1 is 1.50 bits per heavy atom. The van der Waals surface area contributed by atoms with Crippen molar-refractivity contribution in [1.82, 2.24) is 0 Å². The quantitative estimate of drug-likeness (QED) is 0.751. The second kappa shape index (κ2) is 3.27. The standard InChI is InChI=1S/C9H9BrO2/c1-5-7(10)3-4-8(12)9(5)6(2)11/h3-4,12H,1-2H3. The van der Waals surface area contributed by atoms with Crippen LogP contribution in [0.3, 0.4) is 0 Å². The van der Waals surface area contributed by atoms with Crippen molar-refractivity contribution >= 4 is 21.7 Å². The van der Waals surface area contributed by atoms with Crippen molar-refractivity contribution in [3.05, 3.63) is 27.7 Å². The Labute approximate surface area is 79.3 Å². The topological polar surface area (TPSA) is 37.3 Å². The van der Waals surface area contributed by atoms with E-state index in [1.54, 1.807) is 13.0 Å². The van der Waals surface area contributed by atoms with E-state index >= 15 is 0 Å². The zero-order valence-electron chi connectivity index (χ0n) is 6.89. The van der Waals surface area contributed by atoms with Crippen LogP contribution in [-0.2, 0) is 0 Å². The summed E-state index contributed by atoms with van der Waals surface area (Å²) < 4.78 is 0.838. The predicted octanol–water partition coefficient (Wildman–Crippen LogP) is 2.67. The van der Waals surface area contributed by atoms with Crippen LogP contribution in [0.25, 0.3) is 0 Å². The number of phenolic OH excluding ortho intramolecular Hbond substituents is 1. The Morgan fingerprint density at radius 2 is 2.08 bits per heavy atom. The minimum atomic E-state index is -0.119. The number of carbonyl (C=O) groups is 1. The predicted molar refractivity (Wildman–Crippen MR) is 50.5 cm³/mol. The number of phenols is 1. The van der Waals surface area contributed by atoms with E-state index in [9.17, 15) is 9.90 Å². The van der Waals surface area contributed by atoms with Gasteiger partial charge in [-0.05, 0) is 31.5 Å².